The SMILES string of the molecule is CCC(CO)Nc1nc2ccc([N+](=O)[O-])cc2s1. The van der Waals surface area contributed by atoms with Gasteiger partial charge in [0, 0.05) is 12.1 Å². The molecule has 0 saturated carbocycles. The van der Waals surface area contributed by atoms with E-state index in [2.05, 4.69) is 10.3 Å². The van der Waals surface area contributed by atoms with E-state index in [1.165, 1.54) is 23.5 Å². The molecule has 1 aromatic heterocycles. The van der Waals surface area contributed by atoms with Crippen LogP contribution in [0.25, 0.3) is 10.2 Å². The van der Waals surface area contributed by atoms with Crippen LogP contribution < -0.4 is 5.32 Å². The molecule has 7 heteroatoms. The van der Waals surface area contributed by atoms with Crippen LogP contribution in [-0.4, -0.2) is 27.7 Å². The Morgan fingerprint density at radius 3 is 3.00 bits per heavy atom. The number of nitrogens with one attached hydrogen (secondary N) is 1. The van der Waals surface area contributed by atoms with E-state index in [4.69, 9.17) is 5.11 Å². The lowest BCUT2D eigenvalue weighted by atomic mass is 10.2. The molecule has 1 heterocycles. The van der Waals surface area contributed by atoms with Crippen molar-refractivity contribution in [2.45, 2.75) is 19.4 Å². The van der Waals surface area contributed by atoms with Gasteiger partial charge in [-0.1, -0.05) is 18.3 Å². The van der Waals surface area contributed by atoms with Crippen molar-refractivity contribution < 1.29 is 10.0 Å². The Bertz CT molecular complexity index is 566. The number of aromatic nitrogens is 1. The molecule has 2 aromatic rings. The highest BCUT2D eigenvalue weighted by Crippen LogP contribution is 2.29. The Labute approximate surface area is 107 Å². The second kappa shape index (κ2) is 5.28. The Morgan fingerprint density at radius 1 is 1.61 bits per heavy atom. The molecule has 0 saturated heterocycles. The molecule has 6 nitrogen and oxygen atoms in total. The molecule has 2 rings (SSSR count). The van der Waals surface area contributed by atoms with Crippen LogP contribution in [0, 0.1) is 10.1 Å². The van der Waals surface area contributed by atoms with Crippen LogP contribution in [0.2, 0.25) is 0 Å². The van der Waals surface area contributed by atoms with Crippen LogP contribution in [0.3, 0.4) is 0 Å². The van der Waals surface area contributed by atoms with Crippen LogP contribution in [-0.2, 0) is 0 Å². The molecule has 1 atom stereocenters. The van der Waals surface area contributed by atoms with E-state index < -0.39 is 4.92 Å². The van der Waals surface area contributed by atoms with E-state index in [9.17, 15) is 10.1 Å². The van der Waals surface area contributed by atoms with Crippen molar-refractivity contribution in [3.8, 4) is 0 Å². The zero-order valence-electron chi connectivity index (χ0n) is 9.79. The summed E-state index contributed by atoms with van der Waals surface area (Å²) in [5, 5.41) is 23.5. The third kappa shape index (κ3) is 2.57. The van der Waals surface area contributed by atoms with Crippen molar-refractivity contribution >= 4 is 32.4 Å². The number of thiazole rings is 1. The number of hydrogen-bond donors (Lipinski definition) is 2. The summed E-state index contributed by atoms with van der Waals surface area (Å²) in [7, 11) is 0. The summed E-state index contributed by atoms with van der Waals surface area (Å²) < 4.78 is 0.763. The van der Waals surface area contributed by atoms with Crippen molar-refractivity contribution in [1.82, 2.24) is 4.98 Å². The minimum absolute atomic E-state index is 0.0343. The zero-order chi connectivity index (χ0) is 13.1. The summed E-state index contributed by atoms with van der Waals surface area (Å²) in [5.41, 5.74) is 0.785. The summed E-state index contributed by atoms with van der Waals surface area (Å²) in [6.07, 6.45) is 0.784. The van der Waals surface area contributed by atoms with Crippen molar-refractivity contribution in [2.75, 3.05) is 11.9 Å². The quantitative estimate of drug-likeness (QED) is 0.641. The van der Waals surface area contributed by atoms with E-state index in [1.807, 2.05) is 6.92 Å². The summed E-state index contributed by atoms with van der Waals surface area (Å²) in [5.74, 6) is 0. The van der Waals surface area contributed by atoms with Gasteiger partial charge in [-0.3, -0.25) is 10.1 Å². The number of hydrogen-bond acceptors (Lipinski definition) is 6. The number of non-ortho nitro benzene ring substituents is 1. The van der Waals surface area contributed by atoms with Crippen LogP contribution in [0.15, 0.2) is 18.2 Å². The number of nitrogens with zero attached hydrogens (tertiary/aromatic N) is 2. The Hall–Kier alpha value is -1.73. The third-order valence-corrected chi connectivity index (χ3v) is 3.57. The van der Waals surface area contributed by atoms with Gasteiger partial charge in [-0.2, -0.15) is 0 Å². The third-order valence-electron chi connectivity index (χ3n) is 2.62. The molecule has 0 fully saturated rings. The lowest BCUT2D eigenvalue weighted by molar-refractivity contribution is -0.384. The zero-order valence-corrected chi connectivity index (χ0v) is 10.6. The maximum absolute atomic E-state index is 10.7. The summed E-state index contributed by atoms with van der Waals surface area (Å²) in [4.78, 5) is 14.6. The highest BCUT2D eigenvalue weighted by atomic mass is 32.1. The molecule has 0 radical (unpaired) electrons. The fraction of sp³-hybridized carbons (Fsp3) is 0.364. The molecular formula is C11H13N3O3S. The number of nitro benzene ring substituents is 1. The molecule has 1 aromatic carbocycles. The number of benzene rings is 1. The Kier molecular flexibility index (Phi) is 3.73. The monoisotopic (exact) mass is 267 g/mol. The summed E-state index contributed by atoms with van der Waals surface area (Å²) >= 11 is 1.35. The molecule has 96 valence electrons. The van der Waals surface area contributed by atoms with Gasteiger partial charge < -0.3 is 10.4 Å². The average molecular weight is 267 g/mol. The standard InChI is InChI=1S/C11H13N3O3S/c1-2-7(6-15)12-11-13-9-4-3-8(14(16)17)5-10(9)18-11/h3-5,7,15H,2,6H2,1H3,(H,12,13). The molecule has 0 amide bonds. The van der Waals surface area contributed by atoms with Gasteiger partial charge in [0.05, 0.1) is 27.8 Å². The number of rotatable bonds is 5. The minimum Gasteiger partial charge on any atom is -0.394 e. The number of aliphatic hydroxyl groups is 1. The number of fused-ring (bicyclic) bond motifs is 1. The molecule has 18 heavy (non-hydrogen) atoms. The molecular weight excluding hydrogens is 254 g/mol. The smallest absolute Gasteiger partial charge is 0.270 e. The van der Waals surface area contributed by atoms with Crippen molar-refractivity contribution in [2.24, 2.45) is 0 Å². The molecule has 0 aliphatic heterocycles. The van der Waals surface area contributed by atoms with Crippen molar-refractivity contribution in [1.29, 1.82) is 0 Å². The van der Waals surface area contributed by atoms with E-state index in [-0.39, 0.29) is 18.3 Å². The fourth-order valence-corrected chi connectivity index (χ4v) is 2.52. The van der Waals surface area contributed by atoms with Crippen molar-refractivity contribution in [3.63, 3.8) is 0 Å². The first-order valence-electron chi connectivity index (χ1n) is 5.56. The minimum atomic E-state index is -0.422. The molecule has 0 bridgehead atoms. The molecule has 0 aliphatic rings. The predicted molar refractivity (Wildman–Crippen MR) is 71.1 cm³/mol. The Balaban J connectivity index is 2.29. The van der Waals surface area contributed by atoms with Gasteiger partial charge in [0.25, 0.3) is 5.69 Å². The lowest BCUT2D eigenvalue weighted by Crippen LogP contribution is -2.22. The normalized spacial score (nSPS) is 12.6. The Morgan fingerprint density at radius 2 is 2.39 bits per heavy atom. The average Bonchev–Trinajstić information content (AvgIpc) is 2.76. The fourth-order valence-electron chi connectivity index (χ4n) is 1.54. The van der Waals surface area contributed by atoms with Gasteiger partial charge in [-0.05, 0) is 12.5 Å². The maximum atomic E-state index is 10.7. The lowest BCUT2D eigenvalue weighted by Gasteiger charge is -2.11. The number of aliphatic hydroxyl groups excluding tert-OH is 1. The van der Waals surface area contributed by atoms with Crippen LogP contribution in [0.1, 0.15) is 13.3 Å². The van der Waals surface area contributed by atoms with E-state index >= 15 is 0 Å². The van der Waals surface area contributed by atoms with Crippen LogP contribution >= 0.6 is 11.3 Å². The summed E-state index contributed by atoms with van der Waals surface area (Å²) in [6, 6.07) is 4.54. The van der Waals surface area contributed by atoms with Crippen LogP contribution in [0.4, 0.5) is 10.8 Å². The van der Waals surface area contributed by atoms with E-state index in [0.717, 1.165) is 16.6 Å². The maximum Gasteiger partial charge on any atom is 0.270 e. The highest BCUT2D eigenvalue weighted by molar-refractivity contribution is 7.22. The van der Waals surface area contributed by atoms with Gasteiger partial charge in [0.2, 0.25) is 0 Å². The van der Waals surface area contributed by atoms with E-state index in [1.54, 1.807) is 6.07 Å². The molecule has 2 N–H and O–H groups in total. The largest absolute Gasteiger partial charge is 0.394 e. The second-order valence-electron chi connectivity index (χ2n) is 3.86. The first kappa shape index (κ1) is 12.7. The van der Waals surface area contributed by atoms with Crippen LogP contribution in [0.5, 0.6) is 0 Å². The van der Waals surface area contributed by atoms with Gasteiger partial charge in [-0.15, -0.1) is 0 Å². The molecule has 0 aliphatic carbocycles. The number of anilines is 1. The first-order valence-corrected chi connectivity index (χ1v) is 6.38. The predicted octanol–water partition coefficient (Wildman–Crippen LogP) is 2.39. The molecule has 0 spiro atoms. The van der Waals surface area contributed by atoms with Gasteiger partial charge in [0.15, 0.2) is 5.13 Å². The topological polar surface area (TPSA) is 88.3 Å². The van der Waals surface area contributed by atoms with Gasteiger partial charge in [-0.25, -0.2) is 4.98 Å². The number of nitro groups is 1. The second-order valence-corrected chi connectivity index (χ2v) is 4.89. The van der Waals surface area contributed by atoms with E-state index in [0.29, 0.717) is 5.13 Å². The van der Waals surface area contributed by atoms with Gasteiger partial charge in [0.1, 0.15) is 0 Å². The summed E-state index contributed by atoms with van der Waals surface area (Å²) in [6.45, 7) is 2.00. The first-order chi connectivity index (χ1) is 8.63. The van der Waals surface area contributed by atoms with Gasteiger partial charge >= 0.3 is 0 Å². The highest BCUT2D eigenvalue weighted by Gasteiger charge is 2.12. The van der Waals surface area contributed by atoms with Crippen molar-refractivity contribution in [3.05, 3.63) is 28.3 Å². The molecule has 1 unspecified atom stereocenters.